The molecule has 6 aromatic rings. The van der Waals surface area contributed by atoms with E-state index in [1.807, 2.05) is 99.6 Å². The molecule has 2 N–H and O–H groups in total. The van der Waals surface area contributed by atoms with Crippen LogP contribution >= 0.6 is 38.7 Å². The standard InChI is InChI=1S/C56H65ClF3N5O10P2S3/c1-39(2)65-40(3)55(79(4,70)71)53(54(65)42-13-16-45(57)17-14-42)44-9-8-10-48(36-44)63-31-29-62(30-32-63)46-18-20-47(21-19-46)64-33-34-74-76(64,66)50-22-15-43(52(37-50)80(72,73)56(58,59)60)35-41(38-78-51-11-6-5-7-12-51)23-26-61-27-24-49(25-28-61)75-77(67,68)69/h5-22,36-37,39,41,49H,23-35,38H2,1-4H3,(H2,67,68,69)/t41-,76+/m0/s1. The van der Waals surface area contributed by atoms with Gasteiger partial charge in [-0.15, -0.1) is 11.8 Å². The van der Waals surface area contributed by atoms with Crippen LogP contribution in [0.15, 0.2) is 136 Å². The van der Waals surface area contributed by atoms with Gasteiger partial charge in [0.15, 0.2) is 9.84 Å². The van der Waals surface area contributed by atoms with Gasteiger partial charge in [0.2, 0.25) is 0 Å². The minimum absolute atomic E-state index is 0.0199. The second-order valence-electron chi connectivity index (χ2n) is 20.8. The lowest BCUT2D eigenvalue weighted by Gasteiger charge is -2.37. The van der Waals surface area contributed by atoms with Gasteiger partial charge in [0.1, 0.15) is 0 Å². The molecule has 1 aromatic heterocycles. The normalized spacial score (nSPS) is 18.6. The van der Waals surface area contributed by atoms with Crippen LogP contribution in [0.1, 0.15) is 50.4 Å². The van der Waals surface area contributed by atoms with Gasteiger partial charge < -0.3 is 33.6 Å². The molecule has 9 rings (SSSR count). The number of piperazine rings is 1. The molecule has 4 heterocycles. The first-order valence-electron chi connectivity index (χ1n) is 26.3. The second-order valence-corrected chi connectivity index (χ2v) is 29.6. The van der Waals surface area contributed by atoms with Crippen LogP contribution in [0, 0.1) is 12.8 Å². The fourth-order valence-electron chi connectivity index (χ4n) is 11.2. The number of likely N-dealkylation sites (tertiary alicyclic amines) is 1. The fourth-order valence-corrected chi connectivity index (χ4v) is 17.5. The van der Waals surface area contributed by atoms with Gasteiger partial charge in [0.05, 0.1) is 40.0 Å². The molecule has 0 amide bonds. The Bertz CT molecular complexity index is 3500. The first-order chi connectivity index (χ1) is 37.8. The zero-order valence-electron chi connectivity index (χ0n) is 44.7. The van der Waals surface area contributed by atoms with E-state index in [1.54, 1.807) is 24.3 Å². The minimum atomic E-state index is -5.94. The summed E-state index contributed by atoms with van der Waals surface area (Å²) in [5.41, 5.74) is 0.281. The number of hydrogen-bond donors (Lipinski definition) is 2. The van der Waals surface area contributed by atoms with Gasteiger partial charge >= 0.3 is 20.9 Å². The molecule has 430 valence electrons. The van der Waals surface area contributed by atoms with Crippen molar-refractivity contribution >= 4 is 80.7 Å². The number of aromatic nitrogens is 1. The summed E-state index contributed by atoms with van der Waals surface area (Å²) in [6.07, 6.45) is 1.83. The number of alkyl halides is 3. The number of phosphoric ester groups is 1. The molecule has 3 aliphatic rings. The maximum absolute atomic E-state index is 15.1. The summed E-state index contributed by atoms with van der Waals surface area (Å²) >= 11 is 7.80. The van der Waals surface area contributed by atoms with Crippen molar-refractivity contribution in [1.29, 1.82) is 0 Å². The summed E-state index contributed by atoms with van der Waals surface area (Å²) in [7, 11) is -18.4. The van der Waals surface area contributed by atoms with Crippen molar-refractivity contribution in [2.45, 2.75) is 78.8 Å². The number of halogens is 4. The van der Waals surface area contributed by atoms with E-state index in [9.17, 15) is 44.4 Å². The van der Waals surface area contributed by atoms with Crippen LogP contribution in [0.2, 0.25) is 5.02 Å². The lowest BCUT2D eigenvalue weighted by molar-refractivity contribution is -0.0436. The lowest BCUT2D eigenvalue weighted by Crippen LogP contribution is -2.46. The molecule has 0 aliphatic carbocycles. The maximum atomic E-state index is 15.1. The summed E-state index contributed by atoms with van der Waals surface area (Å²) in [4.78, 5) is 25.4. The van der Waals surface area contributed by atoms with Gasteiger partial charge in [0, 0.05) is 95.6 Å². The van der Waals surface area contributed by atoms with Crippen molar-refractivity contribution in [2.24, 2.45) is 5.92 Å². The Morgan fingerprint density at radius 2 is 1.44 bits per heavy atom. The van der Waals surface area contributed by atoms with Gasteiger partial charge in [0.25, 0.3) is 9.84 Å². The fraction of sp³-hybridized carbons (Fsp3) is 0.393. The van der Waals surface area contributed by atoms with Crippen LogP contribution in [0.25, 0.3) is 22.4 Å². The Kier molecular flexibility index (Phi) is 18.2. The molecule has 24 heteroatoms. The smallest absolute Gasteiger partial charge is 0.368 e. The number of hydrogen-bond acceptors (Lipinski definition) is 12. The minimum Gasteiger partial charge on any atom is -0.368 e. The van der Waals surface area contributed by atoms with E-state index in [1.165, 1.54) is 34.8 Å². The second kappa shape index (κ2) is 24.3. The highest BCUT2D eigenvalue weighted by Crippen LogP contribution is 2.56. The zero-order chi connectivity index (χ0) is 57.4. The van der Waals surface area contributed by atoms with Crippen molar-refractivity contribution < 1.29 is 58.0 Å². The molecule has 2 atom stereocenters. The average Bonchev–Trinajstić information content (AvgIpc) is 4.18. The number of sulfone groups is 2. The number of benzene rings is 5. The number of anilines is 3. The predicted octanol–water partition coefficient (Wildman–Crippen LogP) is 11.7. The van der Waals surface area contributed by atoms with Crippen molar-refractivity contribution in [3.8, 4) is 22.4 Å². The highest BCUT2D eigenvalue weighted by molar-refractivity contribution is 7.99. The zero-order valence-corrected chi connectivity index (χ0v) is 49.7. The Balaban J connectivity index is 0.919. The molecule has 0 radical (unpaired) electrons. The molecule has 0 saturated carbocycles. The van der Waals surface area contributed by atoms with Crippen LogP contribution in [-0.4, -0.2) is 119 Å². The molecule has 0 bridgehead atoms. The van der Waals surface area contributed by atoms with Crippen LogP contribution in [0.4, 0.5) is 30.2 Å². The van der Waals surface area contributed by atoms with Crippen molar-refractivity contribution in [3.05, 3.63) is 138 Å². The Morgan fingerprint density at radius 1 is 0.800 bits per heavy atom. The van der Waals surface area contributed by atoms with Crippen LogP contribution in [0.3, 0.4) is 0 Å². The topological polar surface area (TPSA) is 179 Å². The largest absolute Gasteiger partial charge is 0.501 e. The summed E-state index contributed by atoms with van der Waals surface area (Å²) < 4.78 is 139. The average molecular weight is 1220 g/mol. The first-order valence-corrected chi connectivity index (χ1v) is 34.2. The van der Waals surface area contributed by atoms with E-state index in [2.05, 4.69) is 19.3 Å². The molecule has 0 spiro atoms. The lowest BCUT2D eigenvalue weighted by atomic mass is 9.97. The first kappa shape index (κ1) is 60.0. The molecule has 5 aromatic carbocycles. The molecular weight excluding hydrogens is 1150 g/mol. The Hall–Kier alpha value is -4.63. The number of rotatable bonds is 19. The number of piperidine rings is 1. The van der Waals surface area contributed by atoms with Crippen molar-refractivity contribution in [3.63, 3.8) is 0 Å². The SMILES string of the molecule is Cc1c(S(C)(=O)=O)c(-c2cccc(N3CCN(c4ccc(N5CCO[P@]5(=O)c5ccc(C[C@H](CCN6CCC(OP(=O)(O)O)CC6)CSc6ccccc6)c(S(=O)(=O)C(F)(F)F)c5)cc4)CC3)c2)c(-c2ccc(Cl)cc2)n1C(C)C. The maximum Gasteiger partial charge on any atom is 0.501 e. The van der Waals surface area contributed by atoms with E-state index in [0.717, 1.165) is 39.2 Å². The predicted molar refractivity (Wildman–Crippen MR) is 311 cm³/mol. The van der Waals surface area contributed by atoms with Gasteiger partial charge in [-0.25, -0.2) is 21.4 Å². The summed E-state index contributed by atoms with van der Waals surface area (Å²) in [5, 5.41) is 0.393. The van der Waals surface area contributed by atoms with Crippen molar-refractivity contribution in [1.82, 2.24) is 9.47 Å². The molecule has 15 nitrogen and oxygen atoms in total. The number of thioether (sulfide) groups is 1. The van der Waals surface area contributed by atoms with Gasteiger partial charge in [-0.3, -0.25) is 13.8 Å². The summed E-state index contributed by atoms with van der Waals surface area (Å²) in [5.74, 6) is 0.131. The molecule has 80 heavy (non-hydrogen) atoms. The van der Waals surface area contributed by atoms with Gasteiger partial charge in [-0.05, 0) is 148 Å². The molecule has 3 saturated heterocycles. The molecule has 3 aliphatic heterocycles. The Morgan fingerprint density at radius 3 is 2.05 bits per heavy atom. The third-order valence-electron chi connectivity index (χ3n) is 15.0. The molecule has 0 unspecified atom stereocenters. The van der Waals surface area contributed by atoms with E-state index >= 15 is 4.57 Å². The quantitative estimate of drug-likeness (QED) is 0.0577. The van der Waals surface area contributed by atoms with Gasteiger partial charge in [-0.2, -0.15) is 13.2 Å². The molecule has 3 fully saturated rings. The monoisotopic (exact) mass is 1220 g/mol. The van der Waals surface area contributed by atoms with E-state index < -0.39 is 51.5 Å². The van der Waals surface area contributed by atoms with Crippen LogP contribution in [0.5, 0.6) is 0 Å². The van der Waals surface area contributed by atoms with Crippen molar-refractivity contribution in [2.75, 3.05) is 85.4 Å². The third-order valence-corrected chi connectivity index (χ3v) is 22.4. The Labute approximate surface area is 475 Å². The highest BCUT2D eigenvalue weighted by Gasteiger charge is 2.49. The summed E-state index contributed by atoms with van der Waals surface area (Å²) in [6, 6.07) is 35.7. The number of nitrogens with zero attached hydrogens (tertiary/aromatic N) is 5. The molecular formula is C56H65ClF3N5O10P2S3. The number of phosphoric acid groups is 1. The van der Waals surface area contributed by atoms with Crippen LogP contribution < -0.4 is 19.8 Å². The highest BCUT2D eigenvalue weighted by atomic mass is 35.5. The summed E-state index contributed by atoms with van der Waals surface area (Å²) in [6.45, 7) is 10.0. The van der Waals surface area contributed by atoms with E-state index in [0.29, 0.717) is 92.8 Å². The van der Waals surface area contributed by atoms with Gasteiger partial charge in [-0.1, -0.05) is 60.1 Å². The van der Waals surface area contributed by atoms with E-state index in [-0.39, 0.29) is 47.3 Å². The van der Waals surface area contributed by atoms with Crippen LogP contribution in [-0.2, 0) is 44.3 Å². The van der Waals surface area contributed by atoms with E-state index in [4.69, 9.17) is 20.6 Å². The third kappa shape index (κ3) is 13.4.